The second-order valence-electron chi connectivity index (χ2n) is 4.70. The molecule has 2 radical (unpaired) electrons. The van der Waals surface area contributed by atoms with Crippen LogP contribution in [0.1, 0.15) is 42.1 Å². The quantitative estimate of drug-likeness (QED) is 0.571. The molecule has 0 saturated heterocycles. The van der Waals surface area contributed by atoms with E-state index in [-0.39, 0.29) is 5.78 Å². The van der Waals surface area contributed by atoms with Gasteiger partial charge in [0.15, 0.2) is 5.78 Å². The Morgan fingerprint density at radius 3 is 2.88 bits per heavy atom. The maximum Gasteiger partial charge on any atom is 0.167 e. The fourth-order valence-electron chi connectivity index (χ4n) is 2.55. The lowest BCUT2D eigenvalue weighted by atomic mass is 9.89. The van der Waals surface area contributed by atoms with Crippen LogP contribution in [-0.2, 0) is 6.42 Å². The molecule has 0 fully saturated rings. The first-order chi connectivity index (χ1) is 8.15. The third kappa shape index (κ3) is 2.38. The third-order valence-electron chi connectivity index (χ3n) is 3.58. The predicted octanol–water partition coefficient (Wildman–Crippen LogP) is 2.03. The van der Waals surface area contributed by atoms with Crippen molar-refractivity contribution >= 4 is 19.1 Å². The fraction of sp³-hybridized carbons (Fsp3) is 0.500. The summed E-state index contributed by atoms with van der Waals surface area (Å²) in [5.41, 5.74) is 2.46. The number of fused-ring (bicyclic) bond motifs is 1. The van der Waals surface area contributed by atoms with Crippen molar-refractivity contribution in [2.24, 2.45) is 5.92 Å². The van der Waals surface area contributed by atoms with E-state index < -0.39 is 0 Å². The van der Waals surface area contributed by atoms with Crippen LogP contribution in [0.5, 0.6) is 5.75 Å². The molecule has 0 heterocycles. The first kappa shape index (κ1) is 12.2. The molecule has 0 spiro atoms. The number of benzene rings is 1. The van der Waals surface area contributed by atoms with E-state index >= 15 is 0 Å². The number of carbonyl (C=O) groups excluding carboxylic acids is 1. The summed E-state index contributed by atoms with van der Waals surface area (Å²) in [4.78, 5) is 12.2. The highest BCUT2D eigenvalue weighted by molar-refractivity contribution is 6.32. The van der Waals surface area contributed by atoms with Gasteiger partial charge in [0, 0.05) is 6.42 Å². The largest absolute Gasteiger partial charge is 0.496 e. The van der Waals surface area contributed by atoms with Crippen molar-refractivity contribution in [2.75, 3.05) is 7.11 Å². The number of carbonyl (C=O) groups is 1. The van der Waals surface area contributed by atoms with E-state index in [0.717, 1.165) is 30.4 Å². The number of ketones is 1. The molecule has 1 aliphatic carbocycles. The van der Waals surface area contributed by atoms with Crippen molar-refractivity contribution in [1.82, 2.24) is 0 Å². The fourth-order valence-corrected chi connectivity index (χ4v) is 2.55. The summed E-state index contributed by atoms with van der Waals surface area (Å²) in [7, 11) is 7.42. The van der Waals surface area contributed by atoms with Gasteiger partial charge in [-0.25, -0.2) is 0 Å². The monoisotopic (exact) mass is 228 g/mol. The summed E-state index contributed by atoms with van der Waals surface area (Å²) in [5.74, 6) is 1.31. The van der Waals surface area contributed by atoms with Crippen molar-refractivity contribution in [2.45, 2.75) is 32.6 Å². The van der Waals surface area contributed by atoms with Gasteiger partial charge < -0.3 is 4.74 Å². The van der Waals surface area contributed by atoms with E-state index in [2.05, 4.69) is 6.92 Å². The summed E-state index contributed by atoms with van der Waals surface area (Å²) in [5, 5.41) is 0. The van der Waals surface area contributed by atoms with E-state index in [1.165, 1.54) is 0 Å². The van der Waals surface area contributed by atoms with Crippen molar-refractivity contribution in [3.05, 3.63) is 23.3 Å². The summed E-state index contributed by atoms with van der Waals surface area (Å²) in [6, 6.07) is 3.65. The van der Waals surface area contributed by atoms with E-state index in [4.69, 9.17) is 12.6 Å². The van der Waals surface area contributed by atoms with Gasteiger partial charge in [0.05, 0.1) is 12.7 Å². The molecule has 0 bridgehead atoms. The molecule has 3 heteroatoms. The van der Waals surface area contributed by atoms with Crippen LogP contribution >= 0.6 is 0 Å². The highest BCUT2D eigenvalue weighted by Gasteiger charge is 2.24. The van der Waals surface area contributed by atoms with Gasteiger partial charge in [-0.1, -0.05) is 24.9 Å². The normalized spacial score (nSPS) is 19.6. The Kier molecular flexibility index (Phi) is 3.56. The highest BCUT2D eigenvalue weighted by Crippen LogP contribution is 2.31. The van der Waals surface area contributed by atoms with Crippen LogP contribution in [0.3, 0.4) is 0 Å². The van der Waals surface area contributed by atoms with Gasteiger partial charge in [0.1, 0.15) is 13.6 Å². The zero-order chi connectivity index (χ0) is 12.4. The molecule has 0 amide bonds. The van der Waals surface area contributed by atoms with E-state index in [1.54, 1.807) is 13.2 Å². The average molecular weight is 228 g/mol. The van der Waals surface area contributed by atoms with Crippen LogP contribution in [0, 0.1) is 5.92 Å². The second-order valence-corrected chi connectivity index (χ2v) is 4.70. The standard InChI is InChI=1S/C14H17BO2/c1-3-9-4-5-10-7-11(15)8-13(17-2)14(10)12(16)6-9/h7-9H,3-6H2,1-2H3. The zero-order valence-electron chi connectivity index (χ0n) is 10.5. The minimum atomic E-state index is 0.196. The first-order valence-corrected chi connectivity index (χ1v) is 6.15. The molecule has 1 aromatic carbocycles. The predicted molar refractivity (Wildman–Crippen MR) is 69.4 cm³/mol. The summed E-state index contributed by atoms with van der Waals surface area (Å²) in [6.07, 6.45) is 3.66. The van der Waals surface area contributed by atoms with Gasteiger partial charge in [0.2, 0.25) is 0 Å². The molecule has 2 nitrogen and oxygen atoms in total. The van der Waals surface area contributed by atoms with Crippen molar-refractivity contribution in [3.8, 4) is 5.75 Å². The zero-order valence-corrected chi connectivity index (χ0v) is 10.5. The lowest BCUT2D eigenvalue weighted by molar-refractivity contribution is 0.0959. The molecule has 0 aliphatic heterocycles. The molecule has 1 aliphatic rings. The molecule has 1 unspecified atom stereocenters. The highest BCUT2D eigenvalue weighted by atomic mass is 16.5. The molecular weight excluding hydrogens is 211 g/mol. The van der Waals surface area contributed by atoms with Crippen molar-refractivity contribution in [3.63, 3.8) is 0 Å². The summed E-state index contributed by atoms with van der Waals surface area (Å²) in [6.45, 7) is 2.14. The molecule has 0 saturated carbocycles. The molecule has 0 N–H and O–H groups in total. The van der Waals surface area contributed by atoms with Gasteiger partial charge in [-0.3, -0.25) is 4.79 Å². The molecule has 1 aromatic rings. The first-order valence-electron chi connectivity index (χ1n) is 6.15. The van der Waals surface area contributed by atoms with E-state index in [9.17, 15) is 4.79 Å². The summed E-state index contributed by atoms with van der Waals surface area (Å²) >= 11 is 0. The third-order valence-corrected chi connectivity index (χ3v) is 3.58. The van der Waals surface area contributed by atoms with Crippen LogP contribution < -0.4 is 10.2 Å². The van der Waals surface area contributed by atoms with Gasteiger partial charge in [-0.05, 0) is 30.4 Å². The van der Waals surface area contributed by atoms with Gasteiger partial charge >= 0.3 is 0 Å². The van der Waals surface area contributed by atoms with Crippen LogP contribution in [0.25, 0.3) is 0 Å². The SMILES string of the molecule is [B]c1cc2c(c(OC)c1)C(=O)CC(CC)CC2. The number of rotatable bonds is 2. The van der Waals surface area contributed by atoms with Crippen molar-refractivity contribution in [1.29, 1.82) is 0 Å². The van der Waals surface area contributed by atoms with Gasteiger partial charge in [-0.2, -0.15) is 0 Å². The number of aryl methyl sites for hydroxylation is 1. The Balaban J connectivity index is 2.47. The molecule has 0 aromatic heterocycles. The number of hydrogen-bond acceptors (Lipinski definition) is 2. The maximum absolute atomic E-state index is 12.2. The van der Waals surface area contributed by atoms with E-state index in [0.29, 0.717) is 23.6 Å². The van der Waals surface area contributed by atoms with E-state index in [1.807, 2.05) is 6.07 Å². The lowest BCUT2D eigenvalue weighted by Gasteiger charge is -2.11. The number of hydrogen-bond donors (Lipinski definition) is 0. The minimum absolute atomic E-state index is 0.196. The molecule has 2 rings (SSSR count). The van der Waals surface area contributed by atoms with Gasteiger partial charge in [0.25, 0.3) is 0 Å². The summed E-state index contributed by atoms with van der Waals surface area (Å²) < 4.78 is 5.29. The molecular formula is C14H17BO2. The van der Waals surface area contributed by atoms with Crippen molar-refractivity contribution < 1.29 is 9.53 Å². The van der Waals surface area contributed by atoms with Crippen LogP contribution in [0.2, 0.25) is 0 Å². The van der Waals surface area contributed by atoms with Crippen LogP contribution in [-0.4, -0.2) is 20.7 Å². The smallest absolute Gasteiger partial charge is 0.167 e. The Hall–Kier alpha value is -1.25. The van der Waals surface area contributed by atoms with Gasteiger partial charge in [-0.15, -0.1) is 0 Å². The van der Waals surface area contributed by atoms with Crippen LogP contribution in [0.4, 0.5) is 0 Å². The Morgan fingerprint density at radius 1 is 1.47 bits per heavy atom. The maximum atomic E-state index is 12.2. The Morgan fingerprint density at radius 2 is 2.24 bits per heavy atom. The second kappa shape index (κ2) is 4.95. The molecule has 1 atom stereocenters. The number of Topliss-reactive ketones (excluding diaryl/α,β-unsaturated/α-hetero) is 1. The minimum Gasteiger partial charge on any atom is -0.496 e. The number of methoxy groups -OCH3 is 1. The Bertz CT molecular complexity index is 440. The van der Waals surface area contributed by atoms with Crippen LogP contribution in [0.15, 0.2) is 12.1 Å². The molecule has 17 heavy (non-hydrogen) atoms. The average Bonchev–Trinajstić information content (AvgIpc) is 2.47. The number of ether oxygens (including phenoxy) is 1. The topological polar surface area (TPSA) is 26.3 Å². The molecule has 88 valence electrons. The lowest BCUT2D eigenvalue weighted by Crippen LogP contribution is -2.11. The Labute approximate surface area is 104 Å².